The number of sulfone groups is 1. The summed E-state index contributed by atoms with van der Waals surface area (Å²) in [5.41, 5.74) is 0.937. The summed E-state index contributed by atoms with van der Waals surface area (Å²) in [5.74, 6) is 0.789. The number of nitrogens with one attached hydrogen (secondary N) is 1. The summed E-state index contributed by atoms with van der Waals surface area (Å²) < 4.78 is 28.9. The second-order valence-corrected chi connectivity index (χ2v) is 7.22. The van der Waals surface area contributed by atoms with Gasteiger partial charge in [-0.3, -0.25) is 0 Å². The molecule has 0 radical (unpaired) electrons. The van der Waals surface area contributed by atoms with E-state index < -0.39 is 9.84 Å². The van der Waals surface area contributed by atoms with Gasteiger partial charge in [0.15, 0.2) is 9.84 Å². The largest absolute Gasteiger partial charge is 0.491 e. The third-order valence-corrected chi connectivity index (χ3v) is 4.89. The normalized spacial score (nSPS) is 11.6. The van der Waals surface area contributed by atoms with E-state index >= 15 is 0 Å². The number of hydrogen-bond donors (Lipinski definition) is 1. The Morgan fingerprint density at radius 3 is 2.65 bits per heavy atom. The van der Waals surface area contributed by atoms with Crippen molar-refractivity contribution in [3.63, 3.8) is 0 Å². The van der Waals surface area contributed by atoms with Crippen molar-refractivity contribution in [3.8, 4) is 5.75 Å². The Bertz CT molecular complexity index is 517. The van der Waals surface area contributed by atoms with E-state index in [1.807, 2.05) is 26.0 Å². The molecule has 0 saturated carbocycles. The molecule has 1 aromatic carbocycles. The number of ether oxygens (including phenoxy) is 1. The summed E-state index contributed by atoms with van der Waals surface area (Å²) in [4.78, 5) is 0. The van der Waals surface area contributed by atoms with Crippen LogP contribution in [0.1, 0.15) is 25.8 Å². The van der Waals surface area contributed by atoms with Crippen molar-refractivity contribution in [2.75, 3.05) is 24.7 Å². The lowest BCUT2D eigenvalue weighted by Crippen LogP contribution is -2.18. The molecule has 0 heterocycles. The van der Waals surface area contributed by atoms with Crippen LogP contribution in [0.15, 0.2) is 18.2 Å². The Morgan fingerprint density at radius 2 is 2.00 bits per heavy atom. The summed E-state index contributed by atoms with van der Waals surface area (Å²) in [5, 5.41) is 3.71. The molecule has 0 spiro atoms. The maximum Gasteiger partial charge on any atom is 0.153 e. The van der Waals surface area contributed by atoms with Gasteiger partial charge in [-0.25, -0.2) is 8.42 Å². The first-order valence-electron chi connectivity index (χ1n) is 6.81. The van der Waals surface area contributed by atoms with E-state index in [9.17, 15) is 8.42 Å². The Kier molecular flexibility index (Phi) is 7.34. The lowest BCUT2D eigenvalue weighted by molar-refractivity contribution is 0.336. The quantitative estimate of drug-likeness (QED) is 0.760. The van der Waals surface area contributed by atoms with Gasteiger partial charge >= 0.3 is 0 Å². The lowest BCUT2D eigenvalue weighted by Gasteiger charge is -2.13. The highest BCUT2D eigenvalue weighted by Crippen LogP contribution is 2.28. The molecule has 1 rings (SSSR count). The molecule has 20 heavy (non-hydrogen) atoms. The minimum absolute atomic E-state index is 0.0205. The minimum Gasteiger partial charge on any atom is -0.491 e. The summed E-state index contributed by atoms with van der Waals surface area (Å²) in [6.07, 6.45) is 0.625. The van der Waals surface area contributed by atoms with E-state index in [0.717, 1.165) is 12.1 Å². The molecule has 0 fully saturated rings. The molecule has 0 aliphatic rings. The van der Waals surface area contributed by atoms with Crippen molar-refractivity contribution in [2.45, 2.75) is 26.8 Å². The van der Waals surface area contributed by atoms with Gasteiger partial charge in [0.1, 0.15) is 12.4 Å². The molecule has 0 aromatic heterocycles. The van der Waals surface area contributed by atoms with E-state index in [2.05, 4.69) is 5.32 Å². The van der Waals surface area contributed by atoms with Crippen LogP contribution in [-0.4, -0.2) is 33.1 Å². The van der Waals surface area contributed by atoms with Gasteiger partial charge in [0.05, 0.1) is 16.5 Å². The van der Waals surface area contributed by atoms with E-state index in [0.29, 0.717) is 23.7 Å². The first kappa shape index (κ1) is 17.3. The van der Waals surface area contributed by atoms with Gasteiger partial charge in [-0.15, -0.1) is 0 Å². The number of halogens is 1. The second-order valence-electron chi connectivity index (χ2n) is 4.51. The van der Waals surface area contributed by atoms with Crippen LogP contribution < -0.4 is 10.1 Å². The second kappa shape index (κ2) is 8.49. The number of para-hydroxylation sites is 1. The van der Waals surface area contributed by atoms with Crippen molar-refractivity contribution in [1.29, 1.82) is 0 Å². The summed E-state index contributed by atoms with van der Waals surface area (Å²) in [6.45, 7) is 5.49. The van der Waals surface area contributed by atoms with Crippen LogP contribution >= 0.6 is 11.6 Å². The Hall–Kier alpha value is -0.780. The molecule has 0 unspecified atom stereocenters. The van der Waals surface area contributed by atoms with Gasteiger partial charge in [0.2, 0.25) is 0 Å². The molecule has 4 nitrogen and oxygen atoms in total. The van der Waals surface area contributed by atoms with Crippen LogP contribution in [0.3, 0.4) is 0 Å². The molecular formula is C14H22ClNO3S. The number of rotatable bonds is 9. The zero-order valence-corrected chi connectivity index (χ0v) is 13.6. The Labute approximate surface area is 126 Å². The van der Waals surface area contributed by atoms with Crippen molar-refractivity contribution < 1.29 is 13.2 Å². The molecule has 0 saturated heterocycles. The topological polar surface area (TPSA) is 55.4 Å². The molecule has 0 bridgehead atoms. The first-order chi connectivity index (χ1) is 9.50. The van der Waals surface area contributed by atoms with Gasteiger partial charge < -0.3 is 10.1 Å². The highest BCUT2D eigenvalue weighted by Gasteiger charge is 2.12. The van der Waals surface area contributed by atoms with Crippen molar-refractivity contribution >= 4 is 21.4 Å². The summed E-state index contributed by atoms with van der Waals surface area (Å²) >= 11 is 6.12. The van der Waals surface area contributed by atoms with Gasteiger partial charge in [-0.1, -0.05) is 37.6 Å². The highest BCUT2D eigenvalue weighted by atomic mass is 35.5. The van der Waals surface area contributed by atoms with E-state index in [1.54, 1.807) is 6.07 Å². The molecule has 0 atom stereocenters. The molecule has 0 aliphatic carbocycles. The van der Waals surface area contributed by atoms with Crippen LogP contribution in [0.5, 0.6) is 5.75 Å². The van der Waals surface area contributed by atoms with Crippen LogP contribution in [0.4, 0.5) is 0 Å². The molecule has 114 valence electrons. The van der Waals surface area contributed by atoms with Gasteiger partial charge in [0.25, 0.3) is 0 Å². The summed E-state index contributed by atoms with van der Waals surface area (Å²) in [6, 6.07) is 5.52. The van der Waals surface area contributed by atoms with Gasteiger partial charge in [0, 0.05) is 12.1 Å². The fraction of sp³-hybridized carbons (Fsp3) is 0.571. The average molecular weight is 320 g/mol. The van der Waals surface area contributed by atoms with Crippen LogP contribution in [-0.2, 0) is 16.4 Å². The summed E-state index contributed by atoms with van der Waals surface area (Å²) in [7, 11) is -3.03. The molecular weight excluding hydrogens is 298 g/mol. The lowest BCUT2D eigenvalue weighted by atomic mass is 10.2. The average Bonchev–Trinajstić information content (AvgIpc) is 2.38. The minimum atomic E-state index is -3.03. The maximum atomic E-state index is 11.6. The smallest absolute Gasteiger partial charge is 0.153 e. The highest BCUT2D eigenvalue weighted by molar-refractivity contribution is 7.91. The van der Waals surface area contributed by atoms with Crippen molar-refractivity contribution in [3.05, 3.63) is 28.8 Å². The van der Waals surface area contributed by atoms with Gasteiger partial charge in [-0.05, 0) is 19.0 Å². The fourth-order valence-corrected chi connectivity index (χ4v) is 3.21. The Balaban J connectivity index is 2.67. The third-order valence-electron chi connectivity index (χ3n) is 2.77. The van der Waals surface area contributed by atoms with Gasteiger partial charge in [-0.2, -0.15) is 0 Å². The van der Waals surface area contributed by atoms with Crippen molar-refractivity contribution in [1.82, 2.24) is 5.32 Å². The molecule has 1 aromatic rings. The predicted octanol–water partition coefficient (Wildman–Crippen LogP) is 2.65. The van der Waals surface area contributed by atoms with E-state index in [-0.39, 0.29) is 18.1 Å². The zero-order chi connectivity index (χ0) is 15.0. The Morgan fingerprint density at radius 1 is 1.25 bits per heavy atom. The zero-order valence-electron chi connectivity index (χ0n) is 12.0. The van der Waals surface area contributed by atoms with Crippen LogP contribution in [0.25, 0.3) is 0 Å². The van der Waals surface area contributed by atoms with E-state index in [1.165, 1.54) is 0 Å². The number of hydrogen-bond acceptors (Lipinski definition) is 4. The van der Waals surface area contributed by atoms with Crippen LogP contribution in [0, 0.1) is 0 Å². The first-order valence-corrected chi connectivity index (χ1v) is 9.01. The maximum absolute atomic E-state index is 11.6. The predicted molar refractivity (Wildman–Crippen MR) is 83.3 cm³/mol. The standard InChI is InChI=1S/C14H22ClNO3S/c1-3-9-20(17,18)10-8-19-14-12(11-16-4-2)6-5-7-13(14)15/h5-7,16H,3-4,8-11H2,1-2H3. The SMILES string of the molecule is CCCS(=O)(=O)CCOc1c(Cl)cccc1CNCC. The molecule has 0 aliphatic heterocycles. The van der Waals surface area contributed by atoms with Crippen molar-refractivity contribution in [2.24, 2.45) is 0 Å². The fourth-order valence-electron chi connectivity index (χ4n) is 1.80. The monoisotopic (exact) mass is 319 g/mol. The third kappa shape index (κ3) is 5.69. The van der Waals surface area contributed by atoms with E-state index in [4.69, 9.17) is 16.3 Å². The molecule has 0 amide bonds. The van der Waals surface area contributed by atoms with Crippen LogP contribution in [0.2, 0.25) is 5.02 Å². The molecule has 6 heteroatoms. The molecule has 1 N–H and O–H groups in total. The number of benzene rings is 1.